The molecule has 0 aliphatic rings. The Hall–Kier alpha value is -0.787. The zero-order chi connectivity index (χ0) is 10.6. The van der Waals surface area contributed by atoms with E-state index >= 15 is 0 Å². The number of rotatable bonds is 5. The molecular formula is C6H8BiO8+. The summed E-state index contributed by atoms with van der Waals surface area (Å²) < 4.78 is 0. The third-order valence-electron chi connectivity index (χ3n) is 1.29. The second-order valence-electron chi connectivity index (χ2n) is 2.48. The van der Waals surface area contributed by atoms with Gasteiger partial charge in [-0.25, -0.2) is 4.79 Å². The van der Waals surface area contributed by atoms with E-state index in [0.29, 0.717) is 0 Å². The number of carboxylic acid groups (broad SMARTS) is 3. The van der Waals surface area contributed by atoms with Crippen LogP contribution in [0.2, 0.25) is 0 Å². The van der Waals surface area contributed by atoms with E-state index in [1.165, 1.54) is 0 Å². The summed E-state index contributed by atoms with van der Waals surface area (Å²) in [6.45, 7) is 0. The van der Waals surface area contributed by atoms with E-state index in [1.54, 1.807) is 0 Å². The van der Waals surface area contributed by atoms with E-state index in [-0.39, 0.29) is 31.7 Å². The molecule has 0 atom stereocenters. The Balaban J connectivity index is -0.000000720. The minimum Gasteiger partial charge on any atom is -2.00 e. The number of hydrogen-bond donors (Lipinski definition) is 4. The van der Waals surface area contributed by atoms with Crippen molar-refractivity contribution in [2.75, 3.05) is 0 Å². The van der Waals surface area contributed by atoms with Crippen LogP contribution in [0, 0.1) is 0 Å². The smallest absolute Gasteiger partial charge is 2.00 e. The molecule has 0 aliphatic heterocycles. The van der Waals surface area contributed by atoms with Gasteiger partial charge in [-0.1, -0.05) is 0 Å². The molecule has 0 aromatic carbocycles. The van der Waals surface area contributed by atoms with Crippen molar-refractivity contribution in [2.24, 2.45) is 0 Å². The van der Waals surface area contributed by atoms with Crippen LogP contribution in [0.1, 0.15) is 12.8 Å². The molecule has 0 heterocycles. The average molecular weight is 417 g/mol. The van der Waals surface area contributed by atoms with Gasteiger partial charge in [0.15, 0.2) is 5.60 Å². The largest absolute Gasteiger partial charge is 3.00 e. The van der Waals surface area contributed by atoms with Crippen molar-refractivity contribution in [3.63, 3.8) is 0 Å². The molecule has 0 unspecified atom stereocenters. The first kappa shape index (κ1) is 19.7. The number of carboxylic acids is 3. The maximum Gasteiger partial charge on any atom is 3.00 e. The molecule has 0 aromatic rings. The maximum absolute atomic E-state index is 10.3. The molecule has 2 radical (unpaired) electrons. The van der Waals surface area contributed by atoms with Gasteiger partial charge >= 0.3 is 44.1 Å². The number of aliphatic carboxylic acids is 3. The van der Waals surface area contributed by atoms with Gasteiger partial charge in [-0.2, -0.15) is 0 Å². The molecule has 0 fully saturated rings. The van der Waals surface area contributed by atoms with E-state index in [4.69, 9.17) is 20.4 Å². The average Bonchev–Trinajstić information content (AvgIpc) is 1.82. The SMILES string of the molecule is O=C(O)CC(O)(CC(=O)O)C(=O)O.[Bi+3].[O-2]. The molecule has 4 N–H and O–H groups in total. The summed E-state index contributed by atoms with van der Waals surface area (Å²) in [7, 11) is 0. The number of hydrogen-bond acceptors (Lipinski definition) is 4. The number of aliphatic hydroxyl groups is 1. The third-order valence-corrected chi connectivity index (χ3v) is 1.29. The molecule has 0 amide bonds. The van der Waals surface area contributed by atoms with Gasteiger partial charge in [-0.15, -0.1) is 0 Å². The predicted octanol–water partition coefficient (Wildman–Crippen LogP) is -1.75. The Labute approximate surface area is 103 Å². The summed E-state index contributed by atoms with van der Waals surface area (Å²) >= 11 is 0. The summed E-state index contributed by atoms with van der Waals surface area (Å²) in [6, 6.07) is 0. The van der Waals surface area contributed by atoms with Gasteiger partial charge in [0.05, 0.1) is 12.8 Å². The summed E-state index contributed by atoms with van der Waals surface area (Å²) in [6.07, 6.45) is -2.29. The first-order valence-corrected chi connectivity index (χ1v) is 3.17. The van der Waals surface area contributed by atoms with E-state index in [2.05, 4.69) is 0 Å². The van der Waals surface area contributed by atoms with Crippen LogP contribution >= 0.6 is 0 Å². The zero-order valence-electron chi connectivity index (χ0n) is 7.28. The van der Waals surface area contributed by atoms with Crippen LogP contribution in [-0.2, 0) is 19.9 Å². The molecule has 8 nitrogen and oxygen atoms in total. The Morgan fingerprint density at radius 1 is 0.933 bits per heavy atom. The van der Waals surface area contributed by atoms with Gasteiger partial charge in [-0.05, 0) is 0 Å². The zero-order valence-corrected chi connectivity index (χ0v) is 10.8. The van der Waals surface area contributed by atoms with E-state index in [1.807, 2.05) is 0 Å². The number of carbonyl (C=O) groups is 3. The second kappa shape index (κ2) is 7.50. The molecule has 0 bridgehead atoms. The van der Waals surface area contributed by atoms with Gasteiger partial charge in [0.2, 0.25) is 0 Å². The van der Waals surface area contributed by atoms with Crippen LogP contribution in [0.3, 0.4) is 0 Å². The summed E-state index contributed by atoms with van der Waals surface area (Å²) in [5, 5.41) is 33.8. The topological polar surface area (TPSA) is 161 Å². The standard InChI is InChI=1S/C6H8O7.Bi.O/c7-3(8)1-6(13,5(11)12)2-4(9)10;;/h13H,1-2H2,(H,7,8)(H,9,10)(H,11,12);;/q;+3;-2. The second-order valence-corrected chi connectivity index (χ2v) is 2.48. The van der Waals surface area contributed by atoms with Crippen molar-refractivity contribution in [2.45, 2.75) is 18.4 Å². The van der Waals surface area contributed by atoms with Crippen molar-refractivity contribution in [1.29, 1.82) is 0 Å². The van der Waals surface area contributed by atoms with Gasteiger partial charge in [0.25, 0.3) is 0 Å². The van der Waals surface area contributed by atoms with Gasteiger partial charge in [0.1, 0.15) is 0 Å². The summed E-state index contributed by atoms with van der Waals surface area (Å²) in [5.41, 5.74) is -2.74. The first-order valence-electron chi connectivity index (χ1n) is 3.17. The van der Waals surface area contributed by atoms with Crippen molar-refractivity contribution >= 4 is 44.1 Å². The van der Waals surface area contributed by atoms with Crippen LogP contribution in [0.5, 0.6) is 0 Å². The van der Waals surface area contributed by atoms with Crippen molar-refractivity contribution in [1.82, 2.24) is 0 Å². The molecular weight excluding hydrogens is 409 g/mol. The Morgan fingerprint density at radius 3 is 1.33 bits per heavy atom. The molecule has 0 aromatic heterocycles. The van der Waals surface area contributed by atoms with Crippen LogP contribution in [0.15, 0.2) is 0 Å². The molecule has 0 saturated heterocycles. The molecule has 15 heavy (non-hydrogen) atoms. The normalized spacial score (nSPS) is 9.40. The van der Waals surface area contributed by atoms with Gasteiger partial charge in [0, 0.05) is 0 Å². The molecule has 0 rings (SSSR count). The van der Waals surface area contributed by atoms with Crippen LogP contribution in [0.25, 0.3) is 0 Å². The fourth-order valence-electron chi connectivity index (χ4n) is 0.714. The first-order chi connectivity index (χ1) is 5.78. The van der Waals surface area contributed by atoms with Crippen LogP contribution < -0.4 is 0 Å². The molecule has 0 saturated carbocycles. The van der Waals surface area contributed by atoms with E-state index < -0.39 is 36.4 Å². The predicted molar refractivity (Wildman–Crippen MR) is 43.5 cm³/mol. The molecule has 0 spiro atoms. The quantitative estimate of drug-likeness (QED) is 0.386. The molecule has 9 heteroatoms. The van der Waals surface area contributed by atoms with Crippen molar-refractivity contribution < 1.29 is 40.3 Å². The summed E-state index contributed by atoms with van der Waals surface area (Å²) in [5.74, 6) is -5.02. The minimum absolute atomic E-state index is 0. The third kappa shape index (κ3) is 7.18. The fourth-order valence-corrected chi connectivity index (χ4v) is 0.714. The molecule has 0 aliphatic carbocycles. The van der Waals surface area contributed by atoms with Crippen LogP contribution in [-0.4, -0.2) is 70.1 Å². The van der Waals surface area contributed by atoms with E-state index in [0.717, 1.165) is 0 Å². The Bertz CT molecular complexity index is 234. The van der Waals surface area contributed by atoms with E-state index in [9.17, 15) is 14.4 Å². The Morgan fingerprint density at radius 2 is 1.20 bits per heavy atom. The van der Waals surface area contributed by atoms with Crippen molar-refractivity contribution in [3.8, 4) is 0 Å². The molecule has 84 valence electrons. The monoisotopic (exact) mass is 417 g/mol. The minimum atomic E-state index is -2.74. The van der Waals surface area contributed by atoms with Gasteiger partial charge < -0.3 is 25.9 Å². The fraction of sp³-hybridized carbons (Fsp3) is 0.500. The van der Waals surface area contributed by atoms with Crippen LogP contribution in [0.4, 0.5) is 0 Å². The van der Waals surface area contributed by atoms with Crippen molar-refractivity contribution in [3.05, 3.63) is 0 Å². The summed E-state index contributed by atoms with van der Waals surface area (Å²) in [4.78, 5) is 30.5. The Kier molecular flexibility index (Phi) is 9.86. The maximum atomic E-state index is 10.3. The van der Waals surface area contributed by atoms with Gasteiger partial charge in [-0.3, -0.25) is 9.59 Å².